The van der Waals surface area contributed by atoms with Gasteiger partial charge in [0, 0.05) is 12.6 Å². The number of hydrogen-bond acceptors (Lipinski definition) is 2. The van der Waals surface area contributed by atoms with Crippen LogP contribution in [0.4, 0.5) is 0 Å². The summed E-state index contributed by atoms with van der Waals surface area (Å²) < 4.78 is 0. The van der Waals surface area contributed by atoms with E-state index < -0.39 is 0 Å². The molecule has 0 unspecified atom stereocenters. The molecule has 2 rings (SSSR count). The molecule has 1 saturated carbocycles. The van der Waals surface area contributed by atoms with Crippen molar-refractivity contribution in [2.75, 3.05) is 0 Å². The highest BCUT2D eigenvalue weighted by molar-refractivity contribution is 5.82. The van der Waals surface area contributed by atoms with Crippen molar-refractivity contribution in [3.8, 4) is 0 Å². The highest BCUT2D eigenvalue weighted by Crippen LogP contribution is 2.29. The third-order valence-corrected chi connectivity index (χ3v) is 3.81. The maximum absolute atomic E-state index is 12.3. The van der Waals surface area contributed by atoms with Gasteiger partial charge in [-0.15, -0.1) is 0 Å². The zero-order valence-corrected chi connectivity index (χ0v) is 11.9. The summed E-state index contributed by atoms with van der Waals surface area (Å²) in [6.07, 6.45) is 3.99. The lowest BCUT2D eigenvalue weighted by Gasteiger charge is -2.25. The van der Waals surface area contributed by atoms with E-state index in [0.717, 1.165) is 19.3 Å². The molecular formula is C16H24N2O. The van der Waals surface area contributed by atoms with Crippen LogP contribution in [0.3, 0.4) is 0 Å². The van der Waals surface area contributed by atoms with E-state index in [4.69, 9.17) is 5.73 Å². The van der Waals surface area contributed by atoms with E-state index >= 15 is 0 Å². The first-order valence-corrected chi connectivity index (χ1v) is 7.29. The van der Waals surface area contributed by atoms with E-state index in [1.165, 1.54) is 11.1 Å². The average Bonchev–Trinajstić information content (AvgIpc) is 3.28. The third-order valence-electron chi connectivity index (χ3n) is 3.81. The van der Waals surface area contributed by atoms with E-state index in [1.807, 2.05) is 11.8 Å². The van der Waals surface area contributed by atoms with E-state index in [9.17, 15) is 4.79 Å². The van der Waals surface area contributed by atoms with Crippen molar-refractivity contribution in [2.24, 2.45) is 5.73 Å². The van der Waals surface area contributed by atoms with Crippen LogP contribution in [-0.4, -0.2) is 22.9 Å². The second kappa shape index (κ2) is 6.20. The Hall–Kier alpha value is -1.35. The minimum atomic E-state index is -0.351. The van der Waals surface area contributed by atoms with Gasteiger partial charge in [0.25, 0.3) is 0 Å². The molecule has 1 aliphatic carbocycles. The van der Waals surface area contributed by atoms with Crippen LogP contribution >= 0.6 is 0 Å². The number of benzene rings is 1. The van der Waals surface area contributed by atoms with Crippen molar-refractivity contribution in [3.63, 3.8) is 0 Å². The van der Waals surface area contributed by atoms with Crippen molar-refractivity contribution in [1.29, 1.82) is 0 Å². The first-order valence-electron chi connectivity index (χ1n) is 7.29. The smallest absolute Gasteiger partial charge is 0.240 e. The Morgan fingerprint density at radius 2 is 1.84 bits per heavy atom. The molecule has 1 aromatic carbocycles. The fraction of sp³-hybridized carbons (Fsp3) is 0.562. The Bertz CT molecular complexity index is 423. The Balaban J connectivity index is 2.05. The van der Waals surface area contributed by atoms with Gasteiger partial charge in [-0.05, 0) is 36.8 Å². The van der Waals surface area contributed by atoms with Crippen LogP contribution in [0.2, 0.25) is 0 Å². The SMILES string of the molecule is CCc1ccc(CN(C(=O)[C@H](N)CC)C2CC2)cc1. The van der Waals surface area contributed by atoms with Gasteiger partial charge in [-0.25, -0.2) is 0 Å². The number of nitrogens with zero attached hydrogens (tertiary/aromatic N) is 1. The molecule has 0 saturated heterocycles. The van der Waals surface area contributed by atoms with Gasteiger partial charge >= 0.3 is 0 Å². The standard InChI is InChI=1S/C16H24N2O/c1-3-12-5-7-13(8-6-12)11-18(14-9-10-14)16(19)15(17)4-2/h5-8,14-15H,3-4,9-11,17H2,1-2H3/t15-/m1/s1. The largest absolute Gasteiger partial charge is 0.334 e. The Kier molecular flexibility index (Phi) is 4.59. The third kappa shape index (κ3) is 3.57. The lowest BCUT2D eigenvalue weighted by atomic mass is 10.1. The normalized spacial score (nSPS) is 16.2. The van der Waals surface area contributed by atoms with Crippen LogP contribution in [0.15, 0.2) is 24.3 Å². The molecule has 2 N–H and O–H groups in total. The predicted molar refractivity (Wildman–Crippen MR) is 77.7 cm³/mol. The minimum Gasteiger partial charge on any atom is -0.334 e. The molecule has 1 aliphatic rings. The highest BCUT2D eigenvalue weighted by Gasteiger charge is 2.34. The maximum atomic E-state index is 12.3. The first-order chi connectivity index (χ1) is 9.15. The number of carbonyl (C=O) groups excluding carboxylic acids is 1. The zero-order chi connectivity index (χ0) is 13.8. The molecule has 0 bridgehead atoms. The lowest BCUT2D eigenvalue weighted by molar-refractivity contribution is -0.133. The van der Waals surface area contributed by atoms with E-state index in [1.54, 1.807) is 0 Å². The molecule has 0 spiro atoms. The molecule has 104 valence electrons. The highest BCUT2D eigenvalue weighted by atomic mass is 16.2. The molecule has 0 aliphatic heterocycles. The number of amides is 1. The fourth-order valence-electron chi connectivity index (χ4n) is 2.24. The summed E-state index contributed by atoms with van der Waals surface area (Å²) >= 11 is 0. The van der Waals surface area contributed by atoms with Crippen LogP contribution in [-0.2, 0) is 17.8 Å². The topological polar surface area (TPSA) is 46.3 Å². The van der Waals surface area contributed by atoms with Gasteiger partial charge < -0.3 is 10.6 Å². The number of rotatable bonds is 6. The summed E-state index contributed by atoms with van der Waals surface area (Å²) in [4.78, 5) is 14.3. The molecule has 0 radical (unpaired) electrons. The molecule has 1 atom stereocenters. The summed E-state index contributed by atoms with van der Waals surface area (Å²) in [6, 6.07) is 8.60. The minimum absolute atomic E-state index is 0.101. The molecule has 0 aromatic heterocycles. The van der Waals surface area contributed by atoms with Crippen LogP contribution < -0.4 is 5.73 Å². The summed E-state index contributed by atoms with van der Waals surface area (Å²) in [6.45, 7) is 4.81. The second-order valence-electron chi connectivity index (χ2n) is 5.38. The summed E-state index contributed by atoms with van der Waals surface area (Å²) in [5.41, 5.74) is 8.42. The van der Waals surface area contributed by atoms with Gasteiger partial charge in [0.2, 0.25) is 5.91 Å². The monoisotopic (exact) mass is 260 g/mol. The van der Waals surface area contributed by atoms with Crippen LogP contribution in [0.1, 0.15) is 44.2 Å². The Morgan fingerprint density at radius 3 is 2.32 bits per heavy atom. The quantitative estimate of drug-likeness (QED) is 0.854. The van der Waals surface area contributed by atoms with E-state index in [0.29, 0.717) is 19.0 Å². The molecule has 1 aromatic rings. The van der Waals surface area contributed by atoms with Crippen molar-refractivity contribution in [2.45, 2.75) is 58.2 Å². The van der Waals surface area contributed by atoms with Crippen molar-refractivity contribution in [3.05, 3.63) is 35.4 Å². The molecular weight excluding hydrogens is 236 g/mol. The second-order valence-corrected chi connectivity index (χ2v) is 5.38. The zero-order valence-electron chi connectivity index (χ0n) is 11.9. The van der Waals surface area contributed by atoms with Crippen LogP contribution in [0, 0.1) is 0 Å². The van der Waals surface area contributed by atoms with Gasteiger partial charge in [-0.3, -0.25) is 4.79 Å². The predicted octanol–water partition coefficient (Wildman–Crippen LogP) is 2.48. The van der Waals surface area contributed by atoms with Gasteiger partial charge in [-0.2, -0.15) is 0 Å². The summed E-state index contributed by atoms with van der Waals surface area (Å²) in [5.74, 6) is 0.101. The van der Waals surface area contributed by atoms with E-state index in [2.05, 4.69) is 31.2 Å². The van der Waals surface area contributed by atoms with Crippen molar-refractivity contribution in [1.82, 2.24) is 4.90 Å². The lowest BCUT2D eigenvalue weighted by Crippen LogP contribution is -2.44. The summed E-state index contributed by atoms with van der Waals surface area (Å²) in [5, 5.41) is 0. The molecule has 1 amide bonds. The Labute approximate surface area is 115 Å². The molecule has 3 heteroatoms. The van der Waals surface area contributed by atoms with Gasteiger partial charge in [0.1, 0.15) is 0 Å². The number of hydrogen-bond donors (Lipinski definition) is 1. The molecule has 0 heterocycles. The Morgan fingerprint density at radius 1 is 1.26 bits per heavy atom. The van der Waals surface area contributed by atoms with Crippen molar-refractivity contribution < 1.29 is 4.79 Å². The molecule has 1 fully saturated rings. The molecule has 3 nitrogen and oxygen atoms in total. The summed E-state index contributed by atoms with van der Waals surface area (Å²) in [7, 11) is 0. The molecule has 19 heavy (non-hydrogen) atoms. The van der Waals surface area contributed by atoms with Gasteiger partial charge in [-0.1, -0.05) is 38.1 Å². The van der Waals surface area contributed by atoms with Crippen LogP contribution in [0.25, 0.3) is 0 Å². The first kappa shape index (κ1) is 14.1. The number of aryl methyl sites for hydroxylation is 1. The van der Waals surface area contributed by atoms with Crippen molar-refractivity contribution >= 4 is 5.91 Å². The van der Waals surface area contributed by atoms with Gasteiger partial charge in [0.15, 0.2) is 0 Å². The average molecular weight is 260 g/mol. The number of nitrogens with two attached hydrogens (primary N) is 1. The fourth-order valence-corrected chi connectivity index (χ4v) is 2.24. The van der Waals surface area contributed by atoms with Gasteiger partial charge in [0.05, 0.1) is 6.04 Å². The maximum Gasteiger partial charge on any atom is 0.240 e. The van der Waals surface area contributed by atoms with Crippen LogP contribution in [0.5, 0.6) is 0 Å². The van der Waals surface area contributed by atoms with E-state index in [-0.39, 0.29) is 11.9 Å². The number of carbonyl (C=O) groups is 1.